The molecule has 2 unspecified atom stereocenters. The van der Waals surface area contributed by atoms with Crippen molar-refractivity contribution in [2.75, 3.05) is 0 Å². The first-order chi connectivity index (χ1) is 9.11. The number of benzene rings is 1. The molecule has 2 nitrogen and oxygen atoms in total. The smallest absolute Gasteiger partial charge is 0.0677 e. The van der Waals surface area contributed by atoms with Crippen molar-refractivity contribution in [3.8, 4) is 0 Å². The van der Waals surface area contributed by atoms with Gasteiger partial charge in [-0.1, -0.05) is 29.3 Å². The zero-order chi connectivity index (χ0) is 15.1. The van der Waals surface area contributed by atoms with Gasteiger partial charge >= 0.3 is 0 Å². The van der Waals surface area contributed by atoms with Crippen LogP contribution >= 0.6 is 23.2 Å². The summed E-state index contributed by atoms with van der Waals surface area (Å²) in [5.74, 6) is 0.309. The predicted octanol–water partition coefficient (Wildman–Crippen LogP) is 4.46. The Morgan fingerprint density at radius 2 is 1.95 bits per heavy atom. The van der Waals surface area contributed by atoms with Gasteiger partial charge in [0.15, 0.2) is 0 Å². The highest BCUT2D eigenvalue weighted by molar-refractivity contribution is 6.35. The summed E-state index contributed by atoms with van der Waals surface area (Å²) in [6.45, 7) is 8.49. The van der Waals surface area contributed by atoms with E-state index in [2.05, 4.69) is 27.7 Å². The molecule has 1 aromatic carbocycles. The minimum absolute atomic E-state index is 0.0189. The number of hydrogen-bond acceptors (Lipinski definition) is 2. The zero-order valence-electron chi connectivity index (χ0n) is 12.5. The molecule has 112 valence electrons. The fraction of sp³-hybridized carbons (Fsp3) is 0.625. The molecule has 1 aliphatic rings. The van der Waals surface area contributed by atoms with Crippen LogP contribution in [0.1, 0.15) is 39.7 Å². The Kier molecular flexibility index (Phi) is 4.42. The van der Waals surface area contributed by atoms with Gasteiger partial charge in [0, 0.05) is 22.0 Å². The maximum Gasteiger partial charge on any atom is 0.0677 e. The summed E-state index contributed by atoms with van der Waals surface area (Å²) < 4.78 is 6.12. The zero-order valence-corrected chi connectivity index (χ0v) is 14.1. The van der Waals surface area contributed by atoms with E-state index >= 15 is 0 Å². The van der Waals surface area contributed by atoms with Crippen molar-refractivity contribution in [3.05, 3.63) is 33.8 Å². The van der Waals surface area contributed by atoms with Crippen LogP contribution in [0, 0.1) is 5.92 Å². The molecule has 1 fully saturated rings. The van der Waals surface area contributed by atoms with E-state index in [9.17, 15) is 0 Å². The molecule has 0 aliphatic carbocycles. The molecule has 0 saturated carbocycles. The molecular formula is C16H23Cl2NO. The van der Waals surface area contributed by atoms with Crippen LogP contribution in [-0.2, 0) is 11.2 Å². The average Bonchev–Trinajstić information content (AvgIpc) is 2.50. The van der Waals surface area contributed by atoms with E-state index in [1.54, 1.807) is 6.07 Å². The van der Waals surface area contributed by atoms with Crippen LogP contribution in [0.5, 0.6) is 0 Å². The molecule has 0 bridgehead atoms. The molecule has 0 spiro atoms. The normalized spacial score (nSPS) is 25.6. The maximum atomic E-state index is 6.44. The van der Waals surface area contributed by atoms with Crippen LogP contribution in [0.15, 0.2) is 18.2 Å². The Bertz CT molecular complexity index is 499. The fourth-order valence-electron chi connectivity index (χ4n) is 3.36. The molecule has 1 aliphatic heterocycles. The lowest BCUT2D eigenvalue weighted by Crippen LogP contribution is -2.42. The molecule has 0 amide bonds. The molecule has 1 saturated heterocycles. The first kappa shape index (κ1) is 16.1. The van der Waals surface area contributed by atoms with Crippen LogP contribution in [0.2, 0.25) is 10.0 Å². The molecular weight excluding hydrogens is 293 g/mol. The molecule has 20 heavy (non-hydrogen) atoms. The predicted molar refractivity (Wildman–Crippen MR) is 85.5 cm³/mol. The molecule has 0 radical (unpaired) electrons. The number of hydrogen-bond donors (Lipinski definition) is 1. The largest absolute Gasteiger partial charge is 0.369 e. The van der Waals surface area contributed by atoms with Gasteiger partial charge in [-0.05, 0) is 58.2 Å². The van der Waals surface area contributed by atoms with Gasteiger partial charge in [-0.25, -0.2) is 0 Å². The van der Waals surface area contributed by atoms with Crippen molar-refractivity contribution in [3.63, 3.8) is 0 Å². The molecule has 1 aromatic rings. The molecule has 2 N–H and O–H groups in total. The Morgan fingerprint density at radius 1 is 1.30 bits per heavy atom. The Balaban J connectivity index is 2.14. The minimum Gasteiger partial charge on any atom is -0.369 e. The van der Waals surface area contributed by atoms with E-state index in [0.717, 1.165) is 18.4 Å². The fourth-order valence-corrected chi connectivity index (χ4v) is 3.84. The summed E-state index contributed by atoms with van der Waals surface area (Å²) in [6, 6.07) is 5.60. The molecule has 0 aromatic heterocycles. The van der Waals surface area contributed by atoms with Crippen molar-refractivity contribution < 1.29 is 4.74 Å². The van der Waals surface area contributed by atoms with Crippen LogP contribution < -0.4 is 5.73 Å². The summed E-state index contributed by atoms with van der Waals surface area (Å²) in [6.07, 6.45) is 1.70. The Morgan fingerprint density at radius 3 is 2.45 bits per heavy atom. The van der Waals surface area contributed by atoms with Gasteiger partial charge in [0.1, 0.15) is 0 Å². The second kappa shape index (κ2) is 5.49. The monoisotopic (exact) mass is 315 g/mol. The van der Waals surface area contributed by atoms with Crippen molar-refractivity contribution in [2.45, 2.75) is 57.8 Å². The van der Waals surface area contributed by atoms with E-state index < -0.39 is 0 Å². The second-order valence-corrected chi connectivity index (χ2v) is 7.72. The lowest BCUT2D eigenvalue weighted by molar-refractivity contribution is -0.0765. The van der Waals surface area contributed by atoms with Crippen molar-refractivity contribution >= 4 is 23.2 Å². The highest BCUT2D eigenvalue weighted by Gasteiger charge is 2.48. The third-order valence-corrected chi connectivity index (χ3v) is 4.72. The van der Waals surface area contributed by atoms with E-state index in [1.807, 2.05) is 12.1 Å². The summed E-state index contributed by atoms with van der Waals surface area (Å²) >= 11 is 12.2. The molecule has 4 heteroatoms. The number of ether oxygens (including phenoxy) is 1. The summed E-state index contributed by atoms with van der Waals surface area (Å²) in [5.41, 5.74) is 7.17. The highest BCUT2D eigenvalue weighted by Crippen LogP contribution is 2.43. The maximum absolute atomic E-state index is 6.44. The third-order valence-electron chi connectivity index (χ3n) is 4.13. The van der Waals surface area contributed by atoms with Crippen molar-refractivity contribution in [2.24, 2.45) is 11.7 Å². The first-order valence-corrected chi connectivity index (χ1v) is 7.76. The van der Waals surface area contributed by atoms with Gasteiger partial charge in [-0.2, -0.15) is 0 Å². The van der Waals surface area contributed by atoms with E-state index in [1.165, 1.54) is 0 Å². The Hall–Kier alpha value is -0.280. The average molecular weight is 316 g/mol. The number of halogens is 2. The SMILES string of the molecule is CC1(C)CC(C(N)Cc2ccc(Cl)cc2Cl)C(C)(C)O1. The van der Waals surface area contributed by atoms with Gasteiger partial charge in [0.2, 0.25) is 0 Å². The van der Waals surface area contributed by atoms with Gasteiger partial charge in [-0.3, -0.25) is 0 Å². The molecule has 2 rings (SSSR count). The van der Waals surface area contributed by atoms with E-state index in [4.69, 9.17) is 33.7 Å². The van der Waals surface area contributed by atoms with Crippen LogP contribution in [0.25, 0.3) is 0 Å². The summed E-state index contributed by atoms with van der Waals surface area (Å²) in [7, 11) is 0. The minimum atomic E-state index is -0.207. The lowest BCUT2D eigenvalue weighted by Gasteiger charge is -2.31. The van der Waals surface area contributed by atoms with Gasteiger partial charge in [-0.15, -0.1) is 0 Å². The standard InChI is InChI=1S/C16H23Cl2NO/c1-15(2)9-12(16(3,4)20-15)14(19)7-10-5-6-11(17)8-13(10)18/h5-6,8,12,14H,7,9,19H2,1-4H3. The first-order valence-electron chi connectivity index (χ1n) is 7.00. The van der Waals surface area contributed by atoms with E-state index in [-0.39, 0.29) is 17.2 Å². The van der Waals surface area contributed by atoms with Crippen molar-refractivity contribution in [1.29, 1.82) is 0 Å². The summed E-state index contributed by atoms with van der Waals surface area (Å²) in [5, 5.41) is 1.34. The lowest BCUT2D eigenvalue weighted by atomic mass is 9.80. The van der Waals surface area contributed by atoms with Gasteiger partial charge < -0.3 is 10.5 Å². The molecule has 2 atom stereocenters. The van der Waals surface area contributed by atoms with Crippen LogP contribution in [-0.4, -0.2) is 17.2 Å². The van der Waals surface area contributed by atoms with Crippen LogP contribution in [0.4, 0.5) is 0 Å². The van der Waals surface area contributed by atoms with Crippen LogP contribution in [0.3, 0.4) is 0 Å². The Labute approximate surface area is 131 Å². The quantitative estimate of drug-likeness (QED) is 0.894. The third kappa shape index (κ3) is 3.48. The highest BCUT2D eigenvalue weighted by atomic mass is 35.5. The summed E-state index contributed by atoms with van der Waals surface area (Å²) in [4.78, 5) is 0. The van der Waals surface area contributed by atoms with Gasteiger partial charge in [0.05, 0.1) is 11.2 Å². The second-order valence-electron chi connectivity index (χ2n) is 6.88. The molecule has 1 heterocycles. The van der Waals surface area contributed by atoms with Crippen molar-refractivity contribution in [1.82, 2.24) is 0 Å². The van der Waals surface area contributed by atoms with Gasteiger partial charge in [0.25, 0.3) is 0 Å². The number of nitrogens with two attached hydrogens (primary N) is 1. The number of rotatable bonds is 3. The topological polar surface area (TPSA) is 35.2 Å². The van der Waals surface area contributed by atoms with E-state index in [0.29, 0.717) is 16.0 Å².